The minimum Gasteiger partial charge on any atom is -0.369 e. The maximum atomic E-state index is 13.0. The van der Waals surface area contributed by atoms with Crippen LogP contribution in [0.2, 0.25) is 0 Å². The second-order valence-corrected chi connectivity index (χ2v) is 9.10. The van der Waals surface area contributed by atoms with E-state index in [1.54, 1.807) is 6.07 Å². The van der Waals surface area contributed by atoms with Gasteiger partial charge >= 0.3 is 0 Å². The Balaban J connectivity index is 1.27. The number of benzene rings is 2. The van der Waals surface area contributed by atoms with Crippen molar-refractivity contribution in [2.45, 2.75) is 12.5 Å². The van der Waals surface area contributed by atoms with Crippen molar-refractivity contribution in [2.24, 2.45) is 0 Å². The molecule has 3 aromatic rings. The number of nitrogens with one attached hydrogen (secondary N) is 2. The van der Waals surface area contributed by atoms with Gasteiger partial charge in [0, 0.05) is 51.4 Å². The van der Waals surface area contributed by atoms with Crippen LogP contribution in [0.25, 0.3) is 0 Å². The summed E-state index contributed by atoms with van der Waals surface area (Å²) >= 11 is 1.37. The molecule has 0 radical (unpaired) electrons. The predicted octanol–water partition coefficient (Wildman–Crippen LogP) is 3.03. The highest BCUT2D eigenvalue weighted by Gasteiger charge is 2.23. The van der Waals surface area contributed by atoms with Gasteiger partial charge in [-0.3, -0.25) is 14.5 Å². The van der Waals surface area contributed by atoms with Gasteiger partial charge in [-0.1, -0.05) is 54.6 Å². The van der Waals surface area contributed by atoms with Gasteiger partial charge in [-0.15, -0.1) is 11.3 Å². The van der Waals surface area contributed by atoms with Gasteiger partial charge in [-0.2, -0.15) is 0 Å². The van der Waals surface area contributed by atoms with Crippen molar-refractivity contribution in [1.82, 2.24) is 15.5 Å². The first-order valence-corrected chi connectivity index (χ1v) is 12.3. The van der Waals surface area contributed by atoms with Gasteiger partial charge in [0.15, 0.2) is 0 Å². The summed E-state index contributed by atoms with van der Waals surface area (Å²) in [5.41, 5.74) is 2.27. The average Bonchev–Trinajstić information content (AvgIpc) is 3.40. The Kier molecular flexibility index (Phi) is 8.11. The molecule has 2 aromatic carbocycles. The van der Waals surface area contributed by atoms with E-state index >= 15 is 0 Å². The van der Waals surface area contributed by atoms with Crippen LogP contribution in [0.3, 0.4) is 0 Å². The fraction of sp³-hybridized carbons (Fsp3) is 0.308. The van der Waals surface area contributed by atoms with E-state index in [9.17, 15) is 9.59 Å². The molecular weight excluding hydrogens is 432 g/mol. The Morgan fingerprint density at radius 1 is 0.879 bits per heavy atom. The first kappa shape index (κ1) is 23.0. The van der Waals surface area contributed by atoms with Crippen molar-refractivity contribution in [2.75, 3.05) is 44.2 Å². The number of thiophene rings is 1. The summed E-state index contributed by atoms with van der Waals surface area (Å²) in [7, 11) is 0. The number of carbonyl (C=O) groups is 2. The lowest BCUT2D eigenvalue weighted by Gasteiger charge is -2.36. The van der Waals surface area contributed by atoms with Gasteiger partial charge in [-0.25, -0.2) is 0 Å². The van der Waals surface area contributed by atoms with Crippen molar-refractivity contribution in [1.29, 1.82) is 0 Å². The van der Waals surface area contributed by atoms with Crippen molar-refractivity contribution in [3.8, 4) is 0 Å². The standard InChI is InChI=1S/C26H30N4O2S/c31-25(27-13-14-29-15-17-30(18-16-29)22-10-5-2-6-11-22)23(20-21-8-3-1-4-9-21)28-26(32)24-12-7-19-33-24/h1-12,19,23H,13-18,20H2,(H,27,31)(H,28,32). The number of carbonyl (C=O) groups excluding carboxylic acids is 2. The normalized spacial score (nSPS) is 15.1. The zero-order chi connectivity index (χ0) is 22.9. The zero-order valence-electron chi connectivity index (χ0n) is 18.7. The number of piperazine rings is 1. The topological polar surface area (TPSA) is 64.7 Å². The average molecular weight is 463 g/mol. The lowest BCUT2D eigenvalue weighted by Crippen LogP contribution is -2.51. The number of rotatable bonds is 9. The van der Waals surface area contributed by atoms with Gasteiger partial charge in [-0.05, 0) is 29.1 Å². The van der Waals surface area contributed by atoms with Crippen molar-refractivity contribution < 1.29 is 9.59 Å². The summed E-state index contributed by atoms with van der Waals surface area (Å²) in [5.74, 6) is -0.357. The van der Waals surface area contributed by atoms with E-state index in [-0.39, 0.29) is 11.8 Å². The van der Waals surface area contributed by atoms with Crippen LogP contribution in [-0.2, 0) is 11.2 Å². The molecule has 1 aliphatic heterocycles. The molecule has 4 rings (SSSR count). The van der Waals surface area contributed by atoms with E-state index in [1.807, 2.05) is 47.8 Å². The summed E-state index contributed by atoms with van der Waals surface area (Å²) in [6.45, 7) is 5.24. The van der Waals surface area contributed by atoms with Crippen LogP contribution in [0.4, 0.5) is 5.69 Å². The predicted molar refractivity (Wildman–Crippen MR) is 134 cm³/mol. The van der Waals surface area contributed by atoms with E-state index in [2.05, 4.69) is 44.7 Å². The largest absolute Gasteiger partial charge is 0.369 e. The van der Waals surface area contributed by atoms with E-state index in [1.165, 1.54) is 17.0 Å². The molecule has 2 amide bonds. The van der Waals surface area contributed by atoms with E-state index < -0.39 is 6.04 Å². The number of nitrogens with zero attached hydrogens (tertiary/aromatic N) is 2. The highest BCUT2D eigenvalue weighted by atomic mass is 32.1. The Hall–Kier alpha value is -3.16. The van der Waals surface area contributed by atoms with Crippen LogP contribution >= 0.6 is 11.3 Å². The molecule has 0 aliphatic carbocycles. The Morgan fingerprint density at radius 3 is 2.24 bits per heavy atom. The molecule has 1 aliphatic rings. The lowest BCUT2D eigenvalue weighted by atomic mass is 10.1. The van der Waals surface area contributed by atoms with Crippen LogP contribution < -0.4 is 15.5 Å². The summed E-state index contributed by atoms with van der Waals surface area (Å²) in [5, 5.41) is 7.82. The third-order valence-electron chi connectivity index (χ3n) is 5.87. The molecule has 2 N–H and O–H groups in total. The Bertz CT molecular complexity index is 1000. The molecule has 6 nitrogen and oxygen atoms in total. The summed E-state index contributed by atoms with van der Waals surface area (Å²) in [6, 6.07) is 23.2. The lowest BCUT2D eigenvalue weighted by molar-refractivity contribution is -0.123. The Morgan fingerprint density at radius 2 is 1.58 bits per heavy atom. The number of hydrogen-bond donors (Lipinski definition) is 2. The molecule has 1 unspecified atom stereocenters. The van der Waals surface area contributed by atoms with Crippen LogP contribution in [0, 0.1) is 0 Å². The minimum absolute atomic E-state index is 0.147. The molecule has 0 bridgehead atoms. The third kappa shape index (κ3) is 6.66. The highest BCUT2D eigenvalue weighted by Crippen LogP contribution is 2.15. The van der Waals surface area contributed by atoms with Crippen LogP contribution in [0.1, 0.15) is 15.2 Å². The van der Waals surface area contributed by atoms with Gasteiger partial charge < -0.3 is 15.5 Å². The molecule has 172 valence electrons. The molecule has 0 spiro atoms. The fourth-order valence-electron chi connectivity index (χ4n) is 4.03. The van der Waals surface area contributed by atoms with E-state index in [0.29, 0.717) is 17.8 Å². The van der Waals surface area contributed by atoms with Crippen LogP contribution in [0.15, 0.2) is 78.2 Å². The maximum absolute atomic E-state index is 13.0. The van der Waals surface area contributed by atoms with Gasteiger partial charge in [0.2, 0.25) is 5.91 Å². The third-order valence-corrected chi connectivity index (χ3v) is 6.74. The monoisotopic (exact) mass is 462 g/mol. The van der Waals surface area contributed by atoms with E-state index in [0.717, 1.165) is 38.3 Å². The fourth-order valence-corrected chi connectivity index (χ4v) is 4.65. The van der Waals surface area contributed by atoms with E-state index in [4.69, 9.17) is 0 Å². The summed E-state index contributed by atoms with van der Waals surface area (Å²) < 4.78 is 0. The first-order valence-electron chi connectivity index (χ1n) is 11.4. The Labute approximate surface area is 199 Å². The molecule has 33 heavy (non-hydrogen) atoms. The van der Waals surface area contributed by atoms with Gasteiger partial charge in [0.25, 0.3) is 5.91 Å². The first-order chi connectivity index (χ1) is 16.2. The number of hydrogen-bond acceptors (Lipinski definition) is 5. The molecular formula is C26H30N4O2S. The molecule has 1 saturated heterocycles. The van der Waals surface area contributed by atoms with Crippen LogP contribution in [0.5, 0.6) is 0 Å². The maximum Gasteiger partial charge on any atom is 0.262 e. The van der Waals surface area contributed by atoms with Crippen molar-refractivity contribution in [3.63, 3.8) is 0 Å². The molecule has 1 aromatic heterocycles. The molecule has 1 fully saturated rings. The SMILES string of the molecule is O=C(NC(Cc1ccccc1)C(=O)NCCN1CCN(c2ccccc2)CC1)c1cccs1. The number of anilines is 1. The van der Waals surface area contributed by atoms with Gasteiger partial charge in [0.1, 0.15) is 6.04 Å². The minimum atomic E-state index is -0.614. The zero-order valence-corrected chi connectivity index (χ0v) is 19.5. The summed E-state index contributed by atoms with van der Waals surface area (Å²) in [4.78, 5) is 30.9. The second kappa shape index (κ2) is 11.6. The van der Waals surface area contributed by atoms with Crippen LogP contribution in [-0.4, -0.2) is 62.0 Å². The quantitative estimate of drug-likeness (QED) is 0.513. The smallest absolute Gasteiger partial charge is 0.262 e. The van der Waals surface area contributed by atoms with Gasteiger partial charge in [0.05, 0.1) is 4.88 Å². The number of amides is 2. The number of para-hydroxylation sites is 1. The molecule has 1 atom stereocenters. The molecule has 7 heteroatoms. The molecule has 2 heterocycles. The summed E-state index contributed by atoms with van der Waals surface area (Å²) in [6.07, 6.45) is 0.458. The van der Waals surface area contributed by atoms with Crippen molar-refractivity contribution >= 4 is 28.8 Å². The second-order valence-electron chi connectivity index (χ2n) is 8.15. The molecule has 0 saturated carbocycles. The van der Waals surface area contributed by atoms with Crippen molar-refractivity contribution in [3.05, 3.63) is 88.6 Å². The highest BCUT2D eigenvalue weighted by molar-refractivity contribution is 7.12.